The molecule has 1 aromatic carbocycles. The van der Waals surface area contributed by atoms with E-state index in [-0.39, 0.29) is 36.4 Å². The van der Waals surface area contributed by atoms with Crippen molar-refractivity contribution >= 4 is 41.5 Å². The summed E-state index contributed by atoms with van der Waals surface area (Å²) in [7, 11) is 0. The summed E-state index contributed by atoms with van der Waals surface area (Å²) in [6.45, 7) is 1.35. The topological polar surface area (TPSA) is 88.4 Å². The zero-order valence-corrected chi connectivity index (χ0v) is 16.0. The van der Waals surface area contributed by atoms with Crippen LogP contribution in [0.4, 0.5) is 0 Å². The molecule has 2 fully saturated rings. The van der Waals surface area contributed by atoms with Crippen molar-refractivity contribution in [2.24, 2.45) is 11.7 Å². The van der Waals surface area contributed by atoms with Crippen molar-refractivity contribution in [2.45, 2.75) is 37.5 Å². The lowest BCUT2D eigenvalue weighted by molar-refractivity contribution is -0.125. The van der Waals surface area contributed by atoms with E-state index in [4.69, 9.17) is 33.7 Å². The summed E-state index contributed by atoms with van der Waals surface area (Å²) >= 11 is 12.1. The van der Waals surface area contributed by atoms with Crippen LogP contribution in [0.3, 0.4) is 0 Å². The Kier molecular flexibility index (Phi) is 7.76. The van der Waals surface area contributed by atoms with Crippen molar-refractivity contribution in [3.05, 3.63) is 33.8 Å². The Labute approximate surface area is 163 Å². The van der Waals surface area contributed by atoms with Crippen molar-refractivity contribution < 1.29 is 9.53 Å². The molecule has 5 N–H and O–H groups in total. The number of hydrazine groups is 1. The van der Waals surface area contributed by atoms with Crippen LogP contribution >= 0.6 is 35.6 Å². The van der Waals surface area contributed by atoms with E-state index in [0.717, 1.165) is 18.4 Å². The molecule has 1 amide bonds. The van der Waals surface area contributed by atoms with Gasteiger partial charge in [0.1, 0.15) is 0 Å². The third kappa shape index (κ3) is 5.44. The molecule has 0 radical (unpaired) electrons. The molecular formula is C16H23Cl3N4O2. The second-order valence-corrected chi connectivity index (χ2v) is 7.19. The van der Waals surface area contributed by atoms with Gasteiger partial charge in [-0.15, -0.1) is 12.4 Å². The molecule has 3 atom stereocenters. The third-order valence-electron chi connectivity index (χ3n) is 4.58. The number of rotatable bonds is 4. The van der Waals surface area contributed by atoms with E-state index in [2.05, 4.69) is 16.2 Å². The third-order valence-corrected chi connectivity index (χ3v) is 5.02. The maximum Gasteiger partial charge on any atom is 0.238 e. The van der Waals surface area contributed by atoms with Gasteiger partial charge in [0, 0.05) is 35.7 Å². The standard InChI is InChI=1S/C16H22Cl2N4O2.ClH/c17-11-5-10(6-12(18)7-11)13-8-14(22-21-13)20-16(23)15(19)9-1-3-24-4-2-9;/h5-7,9,13-15,21-22H,1-4,8,19H2,(H,20,23);1H. The number of amides is 1. The van der Waals surface area contributed by atoms with Gasteiger partial charge in [0.05, 0.1) is 12.2 Å². The molecular weight excluding hydrogens is 387 g/mol. The molecule has 0 spiro atoms. The molecule has 0 aliphatic carbocycles. The number of hydrogen-bond donors (Lipinski definition) is 4. The Morgan fingerprint density at radius 1 is 1.20 bits per heavy atom. The summed E-state index contributed by atoms with van der Waals surface area (Å²) in [5.41, 5.74) is 13.3. The molecule has 2 aliphatic rings. The molecule has 2 saturated heterocycles. The van der Waals surface area contributed by atoms with Crippen LogP contribution in [0.1, 0.15) is 30.9 Å². The van der Waals surface area contributed by atoms with Crippen LogP contribution < -0.4 is 21.9 Å². The van der Waals surface area contributed by atoms with Gasteiger partial charge >= 0.3 is 0 Å². The van der Waals surface area contributed by atoms with Gasteiger partial charge in [-0.3, -0.25) is 4.79 Å². The molecule has 0 bridgehead atoms. The normalized spacial score (nSPS) is 25.2. The first-order chi connectivity index (χ1) is 11.5. The minimum absolute atomic E-state index is 0. The van der Waals surface area contributed by atoms with E-state index in [1.807, 2.05) is 12.1 Å². The highest BCUT2D eigenvalue weighted by atomic mass is 35.5. The Morgan fingerprint density at radius 2 is 1.84 bits per heavy atom. The number of nitrogens with one attached hydrogen (secondary N) is 3. The van der Waals surface area contributed by atoms with Crippen molar-refractivity contribution in [3.63, 3.8) is 0 Å². The van der Waals surface area contributed by atoms with Gasteiger partial charge in [-0.1, -0.05) is 23.2 Å². The average Bonchev–Trinajstić information content (AvgIpc) is 3.02. The number of carbonyl (C=O) groups is 1. The molecule has 1 aromatic rings. The summed E-state index contributed by atoms with van der Waals surface area (Å²) in [4.78, 5) is 12.4. The number of carbonyl (C=O) groups excluding carboxylic acids is 1. The molecule has 6 nitrogen and oxygen atoms in total. The maximum atomic E-state index is 12.4. The fraction of sp³-hybridized carbons (Fsp3) is 0.562. The van der Waals surface area contributed by atoms with Crippen LogP contribution in [-0.4, -0.2) is 31.3 Å². The summed E-state index contributed by atoms with van der Waals surface area (Å²) < 4.78 is 5.31. The molecule has 3 rings (SSSR count). The van der Waals surface area contributed by atoms with Crippen molar-refractivity contribution in [1.82, 2.24) is 16.2 Å². The van der Waals surface area contributed by atoms with Crippen LogP contribution in [0.5, 0.6) is 0 Å². The molecule has 25 heavy (non-hydrogen) atoms. The smallest absolute Gasteiger partial charge is 0.238 e. The van der Waals surface area contributed by atoms with Gasteiger partial charge in [0.15, 0.2) is 0 Å². The highest BCUT2D eigenvalue weighted by Crippen LogP contribution is 2.27. The van der Waals surface area contributed by atoms with Gasteiger partial charge in [-0.25, -0.2) is 10.9 Å². The van der Waals surface area contributed by atoms with Crippen LogP contribution in [0.25, 0.3) is 0 Å². The van der Waals surface area contributed by atoms with E-state index in [9.17, 15) is 4.79 Å². The van der Waals surface area contributed by atoms with E-state index >= 15 is 0 Å². The van der Waals surface area contributed by atoms with Gasteiger partial charge < -0.3 is 15.8 Å². The number of hydrogen-bond acceptors (Lipinski definition) is 5. The lowest BCUT2D eigenvalue weighted by Crippen LogP contribution is -2.53. The number of benzene rings is 1. The number of ether oxygens (including phenoxy) is 1. The summed E-state index contributed by atoms with van der Waals surface area (Å²) in [6.07, 6.45) is 2.15. The van der Waals surface area contributed by atoms with Crippen LogP contribution in [0.2, 0.25) is 10.0 Å². The average molecular weight is 410 g/mol. The van der Waals surface area contributed by atoms with Gasteiger partial charge in [-0.05, 0) is 42.5 Å². The van der Waals surface area contributed by atoms with Crippen molar-refractivity contribution in [1.29, 1.82) is 0 Å². The lowest BCUT2D eigenvalue weighted by atomic mass is 9.92. The first-order valence-corrected chi connectivity index (χ1v) is 8.89. The van der Waals surface area contributed by atoms with Crippen LogP contribution in [-0.2, 0) is 9.53 Å². The Bertz CT molecular complexity index is 578. The minimum atomic E-state index is -0.504. The molecule has 0 saturated carbocycles. The molecule has 0 aromatic heterocycles. The van der Waals surface area contributed by atoms with Gasteiger partial charge in [0.2, 0.25) is 5.91 Å². The quantitative estimate of drug-likeness (QED) is 0.612. The van der Waals surface area contributed by atoms with E-state index in [1.54, 1.807) is 6.07 Å². The SMILES string of the molecule is Cl.NC(C(=O)NC1CC(c2cc(Cl)cc(Cl)c2)NN1)C1CCOCC1. The van der Waals surface area contributed by atoms with Crippen LogP contribution in [0, 0.1) is 5.92 Å². The highest BCUT2D eigenvalue weighted by Gasteiger charge is 2.31. The fourth-order valence-corrected chi connectivity index (χ4v) is 3.75. The molecule has 9 heteroatoms. The predicted octanol–water partition coefficient (Wildman–Crippen LogP) is 2.15. The maximum absolute atomic E-state index is 12.4. The molecule has 2 aliphatic heterocycles. The highest BCUT2D eigenvalue weighted by molar-refractivity contribution is 6.34. The monoisotopic (exact) mass is 408 g/mol. The summed E-state index contributed by atoms with van der Waals surface area (Å²) in [5, 5.41) is 4.14. The van der Waals surface area contributed by atoms with Gasteiger partial charge in [-0.2, -0.15) is 0 Å². The Hall–Kier alpha value is -0.600. The second-order valence-electron chi connectivity index (χ2n) is 6.32. The zero-order valence-electron chi connectivity index (χ0n) is 13.6. The first-order valence-electron chi connectivity index (χ1n) is 8.13. The molecule has 3 unspecified atom stereocenters. The second kappa shape index (κ2) is 9.37. The predicted molar refractivity (Wildman–Crippen MR) is 101 cm³/mol. The zero-order chi connectivity index (χ0) is 17.1. The largest absolute Gasteiger partial charge is 0.381 e. The van der Waals surface area contributed by atoms with Gasteiger partial charge in [0.25, 0.3) is 0 Å². The fourth-order valence-electron chi connectivity index (χ4n) is 3.20. The van der Waals surface area contributed by atoms with E-state index < -0.39 is 6.04 Å². The molecule has 140 valence electrons. The van der Waals surface area contributed by atoms with Crippen LogP contribution in [0.15, 0.2) is 18.2 Å². The minimum Gasteiger partial charge on any atom is -0.381 e. The van der Waals surface area contributed by atoms with Crippen molar-refractivity contribution in [3.8, 4) is 0 Å². The van der Waals surface area contributed by atoms with E-state index in [1.165, 1.54) is 0 Å². The summed E-state index contributed by atoms with van der Waals surface area (Å²) in [6, 6.07) is 4.94. The number of halogens is 3. The van der Waals surface area contributed by atoms with E-state index in [0.29, 0.717) is 29.7 Å². The first kappa shape index (κ1) is 20.7. The Balaban J connectivity index is 0.00000225. The lowest BCUT2D eigenvalue weighted by Gasteiger charge is -2.27. The number of nitrogens with two attached hydrogens (primary N) is 1. The summed E-state index contributed by atoms with van der Waals surface area (Å²) in [5.74, 6) is 0.0432. The molecule has 2 heterocycles. The van der Waals surface area contributed by atoms with Crippen molar-refractivity contribution in [2.75, 3.05) is 13.2 Å². The Morgan fingerprint density at radius 3 is 2.48 bits per heavy atom.